The highest BCUT2D eigenvalue weighted by atomic mass is 16.6. The lowest BCUT2D eigenvalue weighted by Crippen LogP contribution is -2.32. The molecule has 8 nitrogen and oxygen atoms in total. The first-order valence-electron chi connectivity index (χ1n) is 8.43. The molecule has 0 bridgehead atoms. The summed E-state index contributed by atoms with van der Waals surface area (Å²) in [5.74, 6) is -0.785. The lowest BCUT2D eigenvalue weighted by molar-refractivity contribution is -0.384. The van der Waals surface area contributed by atoms with Gasteiger partial charge in [0.1, 0.15) is 5.56 Å². The molecule has 140 valence electrons. The number of nitrogens with zero attached hydrogens (tertiary/aromatic N) is 1. The van der Waals surface area contributed by atoms with Gasteiger partial charge in [-0.1, -0.05) is 13.8 Å². The van der Waals surface area contributed by atoms with Gasteiger partial charge in [-0.25, -0.2) is 0 Å². The van der Waals surface area contributed by atoms with Crippen molar-refractivity contribution in [3.05, 3.63) is 67.1 Å². The number of Topliss-reactive ketones (excluding diaryl/α,β-unsaturated/α-hetero) is 1. The number of benzene rings is 1. The summed E-state index contributed by atoms with van der Waals surface area (Å²) in [5.41, 5.74) is 0.678. The average Bonchev–Trinajstić information content (AvgIpc) is 2.54. The summed E-state index contributed by atoms with van der Waals surface area (Å²) in [4.78, 5) is 50.2. The summed E-state index contributed by atoms with van der Waals surface area (Å²) >= 11 is 0. The quantitative estimate of drug-likeness (QED) is 0.636. The van der Waals surface area contributed by atoms with Crippen molar-refractivity contribution in [1.82, 2.24) is 4.98 Å². The number of non-ortho nitro benzene ring substituents is 1. The molecular weight excluding hydrogens is 350 g/mol. The summed E-state index contributed by atoms with van der Waals surface area (Å²) < 4.78 is 0. The molecule has 0 unspecified atom stereocenters. The van der Waals surface area contributed by atoms with Crippen LogP contribution in [0, 0.1) is 22.5 Å². The van der Waals surface area contributed by atoms with Crippen LogP contribution in [0.2, 0.25) is 0 Å². The first-order chi connectivity index (χ1) is 12.6. The van der Waals surface area contributed by atoms with Crippen LogP contribution >= 0.6 is 0 Å². The Labute approximate surface area is 154 Å². The maximum absolute atomic E-state index is 12.5. The zero-order valence-electron chi connectivity index (χ0n) is 15.2. The molecule has 1 aromatic carbocycles. The van der Waals surface area contributed by atoms with Crippen molar-refractivity contribution in [2.45, 2.75) is 33.6 Å². The third kappa shape index (κ3) is 3.64. The topological polar surface area (TPSA) is 122 Å². The molecule has 0 radical (unpaired) electrons. The van der Waals surface area contributed by atoms with Gasteiger partial charge in [0.15, 0.2) is 5.78 Å². The van der Waals surface area contributed by atoms with Gasteiger partial charge >= 0.3 is 0 Å². The minimum atomic E-state index is -0.673. The number of pyridine rings is 1. The van der Waals surface area contributed by atoms with Gasteiger partial charge in [0.05, 0.1) is 4.92 Å². The number of H-pyrrole nitrogens is 1. The van der Waals surface area contributed by atoms with Crippen molar-refractivity contribution in [2.75, 3.05) is 5.32 Å². The van der Waals surface area contributed by atoms with Crippen molar-refractivity contribution in [3.8, 4) is 0 Å². The van der Waals surface area contributed by atoms with E-state index >= 15 is 0 Å². The van der Waals surface area contributed by atoms with Crippen LogP contribution in [0.25, 0.3) is 0 Å². The minimum Gasteiger partial charge on any atom is -0.325 e. The molecule has 2 N–H and O–H groups in total. The smallest absolute Gasteiger partial charge is 0.269 e. The van der Waals surface area contributed by atoms with E-state index in [2.05, 4.69) is 10.3 Å². The monoisotopic (exact) mass is 369 g/mol. The molecule has 1 aliphatic rings. The van der Waals surface area contributed by atoms with Gasteiger partial charge in [-0.15, -0.1) is 0 Å². The summed E-state index contributed by atoms with van der Waals surface area (Å²) in [5, 5.41) is 13.4. The highest BCUT2D eigenvalue weighted by Crippen LogP contribution is 2.33. The summed E-state index contributed by atoms with van der Waals surface area (Å²) in [6.45, 7) is 5.51. The van der Waals surface area contributed by atoms with Gasteiger partial charge < -0.3 is 10.3 Å². The van der Waals surface area contributed by atoms with E-state index in [4.69, 9.17) is 0 Å². The minimum absolute atomic E-state index is 0.0923. The van der Waals surface area contributed by atoms with Gasteiger partial charge in [-0.2, -0.15) is 0 Å². The normalized spacial score (nSPS) is 15.1. The Kier molecular flexibility index (Phi) is 4.43. The SMILES string of the molecule is Cc1cc([N+](=O)[O-])ccc1NC(=O)c1cc2c([nH]c1=O)CC(C)(C)CC2=O. The summed E-state index contributed by atoms with van der Waals surface area (Å²) in [7, 11) is 0. The maximum atomic E-state index is 12.5. The first kappa shape index (κ1) is 18.5. The van der Waals surface area contributed by atoms with Crippen LogP contribution in [0.3, 0.4) is 0 Å². The second-order valence-corrected chi connectivity index (χ2v) is 7.56. The molecule has 0 saturated heterocycles. The third-order valence-corrected chi connectivity index (χ3v) is 4.63. The highest BCUT2D eigenvalue weighted by Gasteiger charge is 2.32. The summed E-state index contributed by atoms with van der Waals surface area (Å²) in [6, 6.07) is 5.34. The molecule has 0 fully saturated rings. The molecule has 2 aromatic rings. The van der Waals surface area contributed by atoms with Gasteiger partial charge in [0, 0.05) is 35.5 Å². The van der Waals surface area contributed by atoms with E-state index in [9.17, 15) is 24.5 Å². The zero-order valence-corrected chi connectivity index (χ0v) is 15.2. The van der Waals surface area contributed by atoms with Crippen LogP contribution in [0.15, 0.2) is 29.1 Å². The average molecular weight is 369 g/mol. The fraction of sp³-hybridized carbons (Fsp3) is 0.316. The zero-order chi connectivity index (χ0) is 19.9. The van der Waals surface area contributed by atoms with E-state index in [1.54, 1.807) is 6.92 Å². The number of aromatic nitrogens is 1. The van der Waals surface area contributed by atoms with Crippen LogP contribution in [-0.2, 0) is 6.42 Å². The van der Waals surface area contributed by atoms with Crippen molar-refractivity contribution >= 4 is 23.1 Å². The maximum Gasteiger partial charge on any atom is 0.269 e. The Morgan fingerprint density at radius 2 is 1.93 bits per heavy atom. The van der Waals surface area contributed by atoms with Crippen LogP contribution in [0.5, 0.6) is 0 Å². The second-order valence-electron chi connectivity index (χ2n) is 7.56. The van der Waals surface area contributed by atoms with Crippen LogP contribution in [0.4, 0.5) is 11.4 Å². The first-order valence-corrected chi connectivity index (χ1v) is 8.43. The second kappa shape index (κ2) is 6.46. The Morgan fingerprint density at radius 3 is 2.56 bits per heavy atom. The fourth-order valence-corrected chi connectivity index (χ4v) is 3.29. The van der Waals surface area contributed by atoms with Crippen LogP contribution in [0.1, 0.15) is 52.2 Å². The predicted molar refractivity (Wildman–Crippen MR) is 99.3 cm³/mol. The van der Waals surface area contributed by atoms with E-state index < -0.39 is 16.4 Å². The Morgan fingerprint density at radius 1 is 1.22 bits per heavy atom. The number of nitro benzene ring substituents is 1. The molecule has 27 heavy (non-hydrogen) atoms. The molecule has 1 aliphatic carbocycles. The molecule has 0 aliphatic heterocycles. The lowest BCUT2D eigenvalue weighted by atomic mass is 9.75. The number of nitrogens with one attached hydrogen (secondary N) is 2. The molecule has 1 aromatic heterocycles. The lowest BCUT2D eigenvalue weighted by Gasteiger charge is -2.29. The van der Waals surface area contributed by atoms with Crippen molar-refractivity contribution in [1.29, 1.82) is 0 Å². The van der Waals surface area contributed by atoms with Gasteiger partial charge in [0.2, 0.25) is 0 Å². The molecule has 0 saturated carbocycles. The van der Waals surface area contributed by atoms with Gasteiger partial charge in [0.25, 0.3) is 17.2 Å². The van der Waals surface area contributed by atoms with Crippen molar-refractivity contribution in [3.63, 3.8) is 0 Å². The summed E-state index contributed by atoms with van der Waals surface area (Å²) in [6.07, 6.45) is 0.890. The molecule has 0 spiro atoms. The number of hydrogen-bond acceptors (Lipinski definition) is 5. The van der Waals surface area contributed by atoms with Crippen LogP contribution < -0.4 is 10.9 Å². The Hall–Kier alpha value is -3.29. The van der Waals surface area contributed by atoms with E-state index in [-0.39, 0.29) is 22.4 Å². The van der Waals surface area contributed by atoms with Crippen molar-refractivity contribution in [2.24, 2.45) is 5.41 Å². The van der Waals surface area contributed by atoms with Gasteiger partial charge in [-0.05, 0) is 36.5 Å². The fourth-order valence-electron chi connectivity index (χ4n) is 3.29. The highest BCUT2D eigenvalue weighted by molar-refractivity contribution is 6.07. The number of aromatic amines is 1. The molecule has 0 atom stereocenters. The molecular formula is C19H19N3O5. The molecule has 1 heterocycles. The Balaban J connectivity index is 1.93. The number of aryl methyl sites for hydroxylation is 1. The largest absolute Gasteiger partial charge is 0.325 e. The van der Waals surface area contributed by atoms with Crippen molar-refractivity contribution < 1.29 is 14.5 Å². The number of carbonyl (C=O) groups is 2. The number of hydrogen-bond donors (Lipinski definition) is 2. The standard InChI is InChI=1S/C19H19N3O5/c1-10-6-11(22(26)27)4-5-14(10)20-17(24)13-7-12-15(21-18(13)25)8-19(2,3)9-16(12)23/h4-7H,8-9H2,1-3H3,(H,20,24)(H,21,25). The van der Waals surface area contributed by atoms with Crippen LogP contribution in [-0.4, -0.2) is 21.6 Å². The predicted octanol–water partition coefficient (Wildman–Crippen LogP) is 3.00. The third-order valence-electron chi connectivity index (χ3n) is 4.63. The molecule has 1 amide bonds. The number of ketones is 1. The number of anilines is 1. The van der Waals surface area contributed by atoms with E-state index in [0.29, 0.717) is 35.3 Å². The van der Waals surface area contributed by atoms with Gasteiger partial charge in [-0.3, -0.25) is 24.5 Å². The van der Waals surface area contributed by atoms with E-state index in [0.717, 1.165) is 0 Å². The van der Waals surface area contributed by atoms with E-state index in [1.165, 1.54) is 24.3 Å². The number of rotatable bonds is 3. The molecule has 3 rings (SSSR count). The number of amides is 1. The van der Waals surface area contributed by atoms with E-state index in [1.807, 2.05) is 13.8 Å². The number of nitro groups is 1. The number of carbonyl (C=O) groups excluding carboxylic acids is 2. The number of fused-ring (bicyclic) bond motifs is 1. The molecule has 8 heteroatoms. The Bertz CT molecular complexity index is 1040.